The molecule has 1 N–H and O–H groups in total. The van der Waals surface area contributed by atoms with Crippen LogP contribution < -0.4 is 15.0 Å². The molecular formula is C20H25N7O. The largest absolute Gasteiger partial charge is 0.495 e. The van der Waals surface area contributed by atoms with Crippen LogP contribution in [0.5, 0.6) is 5.75 Å². The molecule has 0 amide bonds. The van der Waals surface area contributed by atoms with Crippen molar-refractivity contribution in [2.24, 2.45) is 0 Å². The number of likely N-dealkylation sites (tertiary alicyclic amines) is 1. The maximum absolute atomic E-state index is 9.36. The van der Waals surface area contributed by atoms with Crippen LogP contribution in [0.1, 0.15) is 31.5 Å². The lowest BCUT2D eigenvalue weighted by molar-refractivity contribution is 0.207. The van der Waals surface area contributed by atoms with Gasteiger partial charge in [-0.1, -0.05) is 12.1 Å². The number of para-hydroxylation sites is 2. The van der Waals surface area contributed by atoms with Gasteiger partial charge in [0.15, 0.2) is 0 Å². The number of aromatic nitrogens is 3. The number of nitrogens with zero attached hydrogens (tertiary/aromatic N) is 6. The van der Waals surface area contributed by atoms with Crippen molar-refractivity contribution in [1.82, 2.24) is 19.9 Å². The molecular weight excluding hydrogens is 354 g/mol. The van der Waals surface area contributed by atoms with Crippen molar-refractivity contribution in [3.05, 3.63) is 30.1 Å². The van der Waals surface area contributed by atoms with E-state index in [0.29, 0.717) is 23.7 Å². The summed E-state index contributed by atoms with van der Waals surface area (Å²) in [6.07, 6.45) is 4.83. The molecule has 2 fully saturated rings. The number of piperidine rings is 1. The average Bonchev–Trinajstić information content (AvgIpc) is 3.29. The lowest BCUT2D eigenvalue weighted by Crippen LogP contribution is -2.44. The van der Waals surface area contributed by atoms with Gasteiger partial charge in [-0.2, -0.15) is 20.2 Å². The molecule has 146 valence electrons. The first-order valence-corrected chi connectivity index (χ1v) is 9.82. The number of benzene rings is 1. The molecule has 2 aromatic rings. The van der Waals surface area contributed by atoms with Gasteiger partial charge in [0.2, 0.25) is 17.7 Å². The summed E-state index contributed by atoms with van der Waals surface area (Å²) in [5.41, 5.74) is 0.749. The number of rotatable bonds is 5. The smallest absolute Gasteiger partial charge is 0.238 e. The molecule has 0 unspecified atom stereocenters. The summed E-state index contributed by atoms with van der Waals surface area (Å²) in [7, 11) is 1.62. The molecule has 0 radical (unpaired) electrons. The fourth-order valence-corrected chi connectivity index (χ4v) is 4.02. The Hall–Kier alpha value is -2.92. The molecule has 0 spiro atoms. The zero-order valence-electron chi connectivity index (χ0n) is 16.1. The molecule has 0 atom stereocenters. The van der Waals surface area contributed by atoms with Crippen LogP contribution in [0.15, 0.2) is 24.3 Å². The molecule has 0 aliphatic carbocycles. The first-order valence-electron chi connectivity index (χ1n) is 9.82. The summed E-state index contributed by atoms with van der Waals surface area (Å²) < 4.78 is 5.37. The van der Waals surface area contributed by atoms with E-state index in [-0.39, 0.29) is 5.82 Å². The van der Waals surface area contributed by atoms with Gasteiger partial charge >= 0.3 is 0 Å². The summed E-state index contributed by atoms with van der Waals surface area (Å²) in [6, 6.07) is 10.2. The molecule has 2 aliphatic heterocycles. The molecule has 2 aliphatic rings. The number of nitriles is 1. The number of ether oxygens (including phenoxy) is 1. The standard InChI is InChI=1S/C20H25N7O/c1-28-17-7-3-2-6-16(17)22-19-23-18(14-21)24-20(25-19)27-12-8-15(9-13-27)26-10-4-5-11-26/h2-3,6-7,15H,4-5,8-13H2,1H3,(H,22,23,24,25). The van der Waals surface area contributed by atoms with Crippen molar-refractivity contribution in [2.75, 3.05) is 43.5 Å². The maximum atomic E-state index is 9.36. The van der Waals surface area contributed by atoms with E-state index in [1.165, 1.54) is 25.9 Å². The first-order chi connectivity index (χ1) is 13.8. The van der Waals surface area contributed by atoms with Gasteiger partial charge in [-0.3, -0.25) is 0 Å². The third-order valence-electron chi connectivity index (χ3n) is 5.48. The minimum Gasteiger partial charge on any atom is -0.495 e. The molecule has 1 aromatic heterocycles. The second kappa shape index (κ2) is 8.40. The molecule has 0 bridgehead atoms. The molecule has 4 rings (SSSR count). The van der Waals surface area contributed by atoms with E-state index in [4.69, 9.17) is 4.74 Å². The Bertz CT molecular complexity index is 852. The van der Waals surface area contributed by atoms with E-state index in [0.717, 1.165) is 31.6 Å². The SMILES string of the molecule is COc1ccccc1Nc1nc(C#N)nc(N2CCC(N3CCCC3)CC2)n1. The summed E-state index contributed by atoms with van der Waals surface area (Å²) in [4.78, 5) is 17.9. The van der Waals surface area contributed by atoms with Crippen molar-refractivity contribution in [3.8, 4) is 11.8 Å². The monoisotopic (exact) mass is 379 g/mol. The number of anilines is 3. The fourth-order valence-electron chi connectivity index (χ4n) is 4.02. The Morgan fingerprint density at radius 1 is 1.07 bits per heavy atom. The van der Waals surface area contributed by atoms with Crippen molar-refractivity contribution >= 4 is 17.6 Å². The van der Waals surface area contributed by atoms with Gasteiger partial charge in [0.25, 0.3) is 0 Å². The Morgan fingerprint density at radius 2 is 1.82 bits per heavy atom. The van der Waals surface area contributed by atoms with E-state index in [2.05, 4.69) is 30.1 Å². The number of methoxy groups -OCH3 is 1. The Labute approximate surface area is 165 Å². The molecule has 8 heteroatoms. The highest BCUT2D eigenvalue weighted by Crippen LogP contribution is 2.27. The molecule has 0 saturated carbocycles. The highest BCUT2D eigenvalue weighted by Gasteiger charge is 2.27. The quantitative estimate of drug-likeness (QED) is 0.848. The Morgan fingerprint density at radius 3 is 2.54 bits per heavy atom. The zero-order chi connectivity index (χ0) is 19.3. The molecule has 2 saturated heterocycles. The van der Waals surface area contributed by atoms with Crippen LogP contribution in [0.2, 0.25) is 0 Å². The van der Waals surface area contributed by atoms with Crippen LogP contribution in [0.25, 0.3) is 0 Å². The van der Waals surface area contributed by atoms with Crippen LogP contribution in [-0.4, -0.2) is 59.2 Å². The summed E-state index contributed by atoms with van der Waals surface area (Å²) in [6.45, 7) is 4.23. The van der Waals surface area contributed by atoms with Crippen LogP contribution in [0.4, 0.5) is 17.6 Å². The number of nitrogens with one attached hydrogen (secondary N) is 1. The number of hydrogen-bond acceptors (Lipinski definition) is 8. The van der Waals surface area contributed by atoms with E-state index in [1.807, 2.05) is 30.3 Å². The highest BCUT2D eigenvalue weighted by atomic mass is 16.5. The summed E-state index contributed by atoms with van der Waals surface area (Å²) in [5.74, 6) is 1.72. The first kappa shape index (κ1) is 18.4. The van der Waals surface area contributed by atoms with Gasteiger partial charge < -0.3 is 19.9 Å². The minimum atomic E-state index is 0.115. The van der Waals surface area contributed by atoms with E-state index in [9.17, 15) is 5.26 Å². The van der Waals surface area contributed by atoms with E-state index in [1.54, 1.807) is 7.11 Å². The third-order valence-corrected chi connectivity index (χ3v) is 5.48. The minimum absolute atomic E-state index is 0.115. The normalized spacial score (nSPS) is 18.1. The van der Waals surface area contributed by atoms with Crippen LogP contribution in [-0.2, 0) is 0 Å². The second-order valence-corrected chi connectivity index (χ2v) is 7.18. The van der Waals surface area contributed by atoms with Gasteiger partial charge in [-0.15, -0.1) is 0 Å². The Kier molecular flexibility index (Phi) is 5.53. The number of hydrogen-bond donors (Lipinski definition) is 1. The lowest BCUT2D eigenvalue weighted by atomic mass is 10.0. The lowest BCUT2D eigenvalue weighted by Gasteiger charge is -2.36. The van der Waals surface area contributed by atoms with Gasteiger partial charge in [-0.05, 0) is 50.9 Å². The highest BCUT2D eigenvalue weighted by molar-refractivity contribution is 5.63. The predicted octanol–water partition coefficient (Wildman–Crippen LogP) is 2.56. The molecule has 3 heterocycles. The van der Waals surface area contributed by atoms with Gasteiger partial charge in [0.1, 0.15) is 11.8 Å². The fraction of sp³-hybridized carbons (Fsp3) is 0.500. The predicted molar refractivity (Wildman–Crippen MR) is 107 cm³/mol. The van der Waals surface area contributed by atoms with Crippen molar-refractivity contribution < 1.29 is 4.74 Å². The second-order valence-electron chi connectivity index (χ2n) is 7.18. The molecule has 8 nitrogen and oxygen atoms in total. The van der Waals surface area contributed by atoms with Crippen LogP contribution in [0, 0.1) is 11.3 Å². The molecule has 28 heavy (non-hydrogen) atoms. The third kappa shape index (κ3) is 3.99. The van der Waals surface area contributed by atoms with Crippen LogP contribution >= 0.6 is 0 Å². The molecule has 1 aromatic carbocycles. The Balaban J connectivity index is 1.50. The van der Waals surface area contributed by atoms with Crippen LogP contribution in [0.3, 0.4) is 0 Å². The van der Waals surface area contributed by atoms with E-state index >= 15 is 0 Å². The zero-order valence-corrected chi connectivity index (χ0v) is 16.1. The van der Waals surface area contributed by atoms with Crippen molar-refractivity contribution in [2.45, 2.75) is 31.7 Å². The summed E-state index contributed by atoms with van der Waals surface area (Å²) in [5, 5.41) is 12.5. The van der Waals surface area contributed by atoms with Crippen molar-refractivity contribution in [3.63, 3.8) is 0 Å². The van der Waals surface area contributed by atoms with Gasteiger partial charge in [-0.25, -0.2) is 0 Å². The van der Waals surface area contributed by atoms with Gasteiger partial charge in [0.05, 0.1) is 12.8 Å². The average molecular weight is 379 g/mol. The topological polar surface area (TPSA) is 90.2 Å². The van der Waals surface area contributed by atoms with Gasteiger partial charge in [0, 0.05) is 19.1 Å². The van der Waals surface area contributed by atoms with Crippen molar-refractivity contribution in [1.29, 1.82) is 5.26 Å². The van der Waals surface area contributed by atoms with E-state index < -0.39 is 0 Å². The summed E-state index contributed by atoms with van der Waals surface area (Å²) >= 11 is 0. The maximum Gasteiger partial charge on any atom is 0.238 e.